The summed E-state index contributed by atoms with van der Waals surface area (Å²) in [5, 5.41) is 1.20. The predicted molar refractivity (Wildman–Crippen MR) is 62.4 cm³/mol. The van der Waals surface area contributed by atoms with Gasteiger partial charge in [0.25, 0.3) is 0 Å². The Labute approximate surface area is 94.7 Å². The highest BCUT2D eigenvalue weighted by Crippen LogP contribution is 2.48. The zero-order valence-electron chi connectivity index (χ0n) is 8.58. The van der Waals surface area contributed by atoms with E-state index < -0.39 is 10.9 Å². The van der Waals surface area contributed by atoms with Gasteiger partial charge in [-0.3, -0.25) is 0 Å². The molecule has 16 heavy (non-hydrogen) atoms. The molecule has 0 aromatic heterocycles. The molecule has 0 aliphatic rings. The topological polar surface area (TPSA) is 72.8 Å². The first kappa shape index (κ1) is 11.2. The second-order valence-corrected chi connectivity index (χ2v) is 4.74. The van der Waals surface area contributed by atoms with Crippen LogP contribution in [0.1, 0.15) is 0 Å². The highest BCUT2D eigenvalue weighted by Gasteiger charge is 2.12. The van der Waals surface area contributed by atoms with Gasteiger partial charge in [-0.1, -0.05) is 35.1 Å². The molecule has 2 aromatic carbocycles. The molecule has 0 amide bonds. The summed E-state index contributed by atoms with van der Waals surface area (Å²) in [5.74, 6) is 0.600. The number of hydrogen-bond acceptors (Lipinski definition) is 4. The van der Waals surface area contributed by atoms with Crippen molar-refractivity contribution in [1.29, 1.82) is 0 Å². The van der Waals surface area contributed by atoms with E-state index in [2.05, 4.69) is 0 Å². The minimum atomic E-state index is -3.96. The van der Waals surface area contributed by atoms with Crippen LogP contribution in [0.15, 0.2) is 41.3 Å². The molecule has 2 rings (SSSR count). The summed E-state index contributed by atoms with van der Waals surface area (Å²) >= 11 is 0. The Morgan fingerprint density at radius 3 is 2.25 bits per heavy atom. The second kappa shape index (κ2) is 3.95. The van der Waals surface area contributed by atoms with E-state index in [4.69, 9.17) is 4.74 Å². The third-order valence-electron chi connectivity index (χ3n) is 2.35. The van der Waals surface area contributed by atoms with Gasteiger partial charge in [-0.25, -0.2) is 0 Å². The number of methoxy groups -OCH3 is 1. The van der Waals surface area contributed by atoms with Gasteiger partial charge in [0.2, 0.25) is 0 Å². The summed E-state index contributed by atoms with van der Waals surface area (Å²) in [6, 6.07) is 9.91. The van der Waals surface area contributed by atoms with Crippen molar-refractivity contribution in [1.82, 2.24) is 0 Å². The fourth-order valence-corrected chi connectivity index (χ4v) is 2.36. The van der Waals surface area contributed by atoms with Crippen LogP contribution in [0, 0.1) is 0 Å². The summed E-state index contributed by atoms with van der Waals surface area (Å²) in [6.07, 6.45) is 0. The average molecular weight is 239 g/mol. The van der Waals surface area contributed by atoms with Crippen LogP contribution in [0.2, 0.25) is 0 Å². The SMILES string of the molecule is COc1ccc(S([O-])(O)O)c2ccccc12. The van der Waals surface area contributed by atoms with Crippen molar-refractivity contribution in [2.75, 3.05) is 7.11 Å². The molecule has 86 valence electrons. The van der Waals surface area contributed by atoms with E-state index in [-0.39, 0.29) is 4.90 Å². The molecule has 0 saturated carbocycles. The van der Waals surface area contributed by atoms with E-state index in [1.165, 1.54) is 13.2 Å². The molecule has 0 fully saturated rings. The van der Waals surface area contributed by atoms with Crippen LogP contribution in [0.25, 0.3) is 10.8 Å². The fraction of sp³-hybridized carbons (Fsp3) is 0.0909. The van der Waals surface area contributed by atoms with Crippen LogP contribution < -0.4 is 4.74 Å². The number of fused-ring (bicyclic) bond motifs is 1. The number of rotatable bonds is 2. The quantitative estimate of drug-likeness (QED) is 0.844. The molecule has 2 N–H and O–H groups in total. The molecular weight excluding hydrogens is 228 g/mol. The monoisotopic (exact) mass is 239 g/mol. The summed E-state index contributed by atoms with van der Waals surface area (Å²) < 4.78 is 34.8. The van der Waals surface area contributed by atoms with Gasteiger partial charge in [0.05, 0.1) is 7.11 Å². The third-order valence-corrected chi connectivity index (χ3v) is 3.28. The number of benzene rings is 2. The van der Waals surface area contributed by atoms with E-state index in [9.17, 15) is 13.7 Å². The summed E-state index contributed by atoms with van der Waals surface area (Å²) in [6.45, 7) is 0. The minimum absolute atomic E-state index is 0.00361. The van der Waals surface area contributed by atoms with Crippen LogP contribution in [0.4, 0.5) is 0 Å². The predicted octanol–water partition coefficient (Wildman–Crippen LogP) is 3.09. The van der Waals surface area contributed by atoms with Crippen molar-refractivity contribution < 1.29 is 18.4 Å². The normalized spacial score (nSPS) is 12.8. The Kier molecular flexibility index (Phi) is 2.77. The van der Waals surface area contributed by atoms with Crippen LogP contribution >= 0.6 is 10.9 Å². The smallest absolute Gasteiger partial charge is 0.126 e. The maximum absolute atomic E-state index is 11.3. The molecule has 0 heterocycles. The lowest BCUT2D eigenvalue weighted by Crippen LogP contribution is -1.98. The van der Waals surface area contributed by atoms with Crippen molar-refractivity contribution in [3.8, 4) is 5.75 Å². The summed E-state index contributed by atoms with van der Waals surface area (Å²) in [5.41, 5.74) is 0. The largest absolute Gasteiger partial charge is 0.769 e. The average Bonchev–Trinajstić information content (AvgIpc) is 2.26. The lowest BCUT2D eigenvalue weighted by molar-refractivity contribution is 0.361. The van der Waals surface area contributed by atoms with Gasteiger partial charge < -0.3 is 18.4 Å². The molecule has 0 aliphatic carbocycles. The van der Waals surface area contributed by atoms with E-state index in [1.54, 1.807) is 30.3 Å². The van der Waals surface area contributed by atoms with Crippen LogP contribution in [-0.4, -0.2) is 20.8 Å². The second-order valence-electron chi connectivity index (χ2n) is 3.31. The minimum Gasteiger partial charge on any atom is -0.769 e. The van der Waals surface area contributed by atoms with Crippen LogP contribution in [0.3, 0.4) is 0 Å². The van der Waals surface area contributed by atoms with Crippen molar-refractivity contribution in [3.63, 3.8) is 0 Å². The van der Waals surface area contributed by atoms with Gasteiger partial charge in [0.1, 0.15) is 5.75 Å². The zero-order chi connectivity index (χ0) is 11.8. The first-order valence-corrected chi connectivity index (χ1v) is 6.06. The highest BCUT2D eigenvalue weighted by molar-refractivity contribution is 8.19. The van der Waals surface area contributed by atoms with E-state index in [0.29, 0.717) is 16.5 Å². The first-order valence-electron chi connectivity index (χ1n) is 4.59. The van der Waals surface area contributed by atoms with Crippen LogP contribution in [0.5, 0.6) is 5.75 Å². The maximum Gasteiger partial charge on any atom is 0.126 e. The van der Waals surface area contributed by atoms with E-state index in [0.717, 1.165) is 0 Å². The first-order chi connectivity index (χ1) is 7.54. The van der Waals surface area contributed by atoms with Crippen molar-refractivity contribution in [3.05, 3.63) is 36.4 Å². The lowest BCUT2D eigenvalue weighted by Gasteiger charge is -2.34. The third kappa shape index (κ3) is 1.85. The zero-order valence-corrected chi connectivity index (χ0v) is 9.40. The van der Waals surface area contributed by atoms with Crippen molar-refractivity contribution >= 4 is 21.6 Å². The molecule has 0 aliphatic heterocycles. The molecule has 4 nitrogen and oxygen atoms in total. The lowest BCUT2D eigenvalue weighted by atomic mass is 10.1. The molecule has 0 bridgehead atoms. The highest BCUT2D eigenvalue weighted by atomic mass is 32.3. The van der Waals surface area contributed by atoms with Gasteiger partial charge in [0.15, 0.2) is 0 Å². The maximum atomic E-state index is 11.3. The van der Waals surface area contributed by atoms with Gasteiger partial charge in [-0.15, -0.1) is 0 Å². The Morgan fingerprint density at radius 2 is 1.69 bits per heavy atom. The van der Waals surface area contributed by atoms with E-state index >= 15 is 0 Å². The van der Waals surface area contributed by atoms with Crippen molar-refractivity contribution in [2.24, 2.45) is 0 Å². The van der Waals surface area contributed by atoms with Gasteiger partial charge >= 0.3 is 0 Å². The Balaban J connectivity index is 2.80. The van der Waals surface area contributed by atoms with Crippen molar-refractivity contribution in [2.45, 2.75) is 4.90 Å². The molecule has 0 radical (unpaired) electrons. The molecule has 2 aromatic rings. The van der Waals surface area contributed by atoms with Crippen LogP contribution in [-0.2, 0) is 0 Å². The molecule has 5 heteroatoms. The van der Waals surface area contributed by atoms with Gasteiger partial charge in [0, 0.05) is 15.7 Å². The Morgan fingerprint density at radius 1 is 1.06 bits per heavy atom. The molecular formula is C11H11O4S-. The van der Waals surface area contributed by atoms with Gasteiger partial charge in [-0.05, 0) is 12.1 Å². The standard InChI is InChI=1S/C11H12O4S/c1-15-10-6-7-11(16(12,13)14)9-5-3-2-4-8(9)10/h2-7,12-14H,1H3/p-1. The molecule has 0 atom stereocenters. The molecule has 0 unspecified atom stereocenters. The molecule has 0 spiro atoms. The molecule has 0 saturated heterocycles. The summed E-state index contributed by atoms with van der Waals surface area (Å²) in [7, 11) is -2.44. The Hall–Kier alpha value is -1.27. The number of hydrogen-bond donors (Lipinski definition) is 2. The number of ether oxygens (including phenoxy) is 1. The van der Waals surface area contributed by atoms with E-state index in [1.807, 2.05) is 0 Å². The fourth-order valence-electron chi connectivity index (χ4n) is 1.65. The summed E-state index contributed by atoms with van der Waals surface area (Å²) in [4.78, 5) is 0.00361. The Bertz CT molecular complexity index is 519. The van der Waals surface area contributed by atoms with Gasteiger partial charge in [-0.2, -0.15) is 0 Å².